The normalized spacial score (nSPS) is 13.3. The zero-order valence-corrected chi connectivity index (χ0v) is 17.4. The van der Waals surface area contributed by atoms with Crippen molar-refractivity contribution in [3.8, 4) is 22.3 Å². The van der Waals surface area contributed by atoms with E-state index < -0.39 is 11.4 Å². The summed E-state index contributed by atoms with van der Waals surface area (Å²) in [6, 6.07) is 29.1. The molecule has 0 unspecified atom stereocenters. The van der Waals surface area contributed by atoms with E-state index in [0.29, 0.717) is 0 Å². The molecule has 0 amide bonds. The zero-order valence-electron chi connectivity index (χ0n) is 17.4. The van der Waals surface area contributed by atoms with Crippen LogP contribution < -0.4 is 0 Å². The monoisotopic (exact) mass is 402 g/mol. The number of carboxylic acids is 1. The van der Waals surface area contributed by atoms with Crippen molar-refractivity contribution in [3.63, 3.8) is 0 Å². The Labute approximate surface area is 181 Å². The molecule has 0 atom stereocenters. The summed E-state index contributed by atoms with van der Waals surface area (Å²) in [5, 5.41) is 10.6. The average molecular weight is 402 g/mol. The molecule has 0 spiro atoms. The average Bonchev–Trinajstić information content (AvgIpc) is 3.36. The molecule has 2 nitrogen and oxygen atoms in total. The number of fused-ring (bicyclic) bond motifs is 6. The largest absolute Gasteiger partial charge is 0.480 e. The predicted molar refractivity (Wildman–Crippen MR) is 123 cm³/mol. The van der Waals surface area contributed by atoms with Crippen LogP contribution in [0.25, 0.3) is 22.3 Å². The number of carbonyl (C=O) groups is 1. The summed E-state index contributed by atoms with van der Waals surface area (Å²) >= 11 is 0. The Kier molecular flexibility index (Phi) is 3.76. The Bertz CT molecular complexity index is 1280. The van der Waals surface area contributed by atoms with Crippen molar-refractivity contribution in [2.75, 3.05) is 0 Å². The fraction of sp³-hybridized carbons (Fsp3) is 0.138. The van der Waals surface area contributed by atoms with E-state index in [1.54, 1.807) is 0 Å². The summed E-state index contributed by atoms with van der Waals surface area (Å²) in [7, 11) is 0. The van der Waals surface area contributed by atoms with Crippen molar-refractivity contribution in [2.24, 2.45) is 0 Å². The molecule has 4 aromatic rings. The van der Waals surface area contributed by atoms with E-state index in [1.807, 2.05) is 31.2 Å². The third-order valence-corrected chi connectivity index (χ3v) is 7.21. The van der Waals surface area contributed by atoms with Gasteiger partial charge in [0.2, 0.25) is 0 Å². The Balaban J connectivity index is 1.59. The van der Waals surface area contributed by atoms with Crippen molar-refractivity contribution in [3.05, 3.63) is 118 Å². The van der Waals surface area contributed by atoms with Crippen LogP contribution in [0.4, 0.5) is 0 Å². The van der Waals surface area contributed by atoms with Crippen molar-refractivity contribution in [2.45, 2.75) is 25.2 Å². The molecule has 0 bridgehead atoms. The maximum Gasteiger partial charge on any atom is 0.318 e. The first kappa shape index (κ1) is 18.1. The summed E-state index contributed by atoms with van der Waals surface area (Å²) in [6.45, 7) is 1.88. The molecule has 2 aliphatic carbocycles. The third kappa shape index (κ3) is 2.42. The van der Waals surface area contributed by atoms with Gasteiger partial charge in [-0.25, -0.2) is 0 Å². The highest BCUT2D eigenvalue weighted by Gasteiger charge is 2.43. The summed E-state index contributed by atoms with van der Waals surface area (Å²) in [6.07, 6.45) is 1.56. The van der Waals surface area contributed by atoms with Crippen molar-refractivity contribution >= 4 is 5.97 Å². The van der Waals surface area contributed by atoms with Gasteiger partial charge in [0.1, 0.15) is 5.41 Å². The summed E-state index contributed by atoms with van der Waals surface area (Å²) in [5.74, 6) is -0.804. The Morgan fingerprint density at radius 1 is 0.645 bits per heavy atom. The highest BCUT2D eigenvalue weighted by molar-refractivity contribution is 5.91. The number of carboxylic acid groups (broad SMARTS) is 1. The van der Waals surface area contributed by atoms with Gasteiger partial charge in [-0.15, -0.1) is 0 Å². The van der Waals surface area contributed by atoms with Gasteiger partial charge < -0.3 is 5.11 Å². The second-order valence-corrected chi connectivity index (χ2v) is 8.76. The van der Waals surface area contributed by atoms with E-state index in [-0.39, 0.29) is 0 Å². The van der Waals surface area contributed by atoms with E-state index in [4.69, 9.17) is 0 Å². The van der Waals surface area contributed by atoms with Crippen LogP contribution in [0, 0.1) is 0 Å². The second-order valence-electron chi connectivity index (χ2n) is 8.76. The van der Waals surface area contributed by atoms with Crippen LogP contribution in [0.5, 0.6) is 0 Å². The lowest BCUT2D eigenvalue weighted by Crippen LogP contribution is -2.35. The van der Waals surface area contributed by atoms with E-state index in [9.17, 15) is 9.90 Å². The number of aliphatic carboxylic acids is 1. The smallest absolute Gasteiger partial charge is 0.318 e. The number of benzene rings is 4. The summed E-state index contributed by atoms with van der Waals surface area (Å²) in [4.78, 5) is 13.0. The molecular formula is C29H22O2. The minimum Gasteiger partial charge on any atom is -0.480 e. The lowest BCUT2D eigenvalue weighted by Gasteiger charge is -2.30. The van der Waals surface area contributed by atoms with Gasteiger partial charge in [0, 0.05) is 0 Å². The van der Waals surface area contributed by atoms with E-state index in [1.165, 1.54) is 22.3 Å². The minimum absolute atomic E-state index is 0.778. The first-order valence-electron chi connectivity index (χ1n) is 10.7. The molecule has 2 heteroatoms. The van der Waals surface area contributed by atoms with Crippen LogP contribution in [0.15, 0.2) is 84.9 Å². The van der Waals surface area contributed by atoms with E-state index in [2.05, 4.69) is 60.7 Å². The molecule has 2 aliphatic rings. The number of hydrogen-bond donors (Lipinski definition) is 1. The van der Waals surface area contributed by atoms with Gasteiger partial charge in [-0.3, -0.25) is 4.79 Å². The van der Waals surface area contributed by atoms with Gasteiger partial charge in [-0.05, 0) is 75.4 Å². The first-order valence-corrected chi connectivity index (χ1v) is 10.7. The third-order valence-electron chi connectivity index (χ3n) is 7.21. The summed E-state index contributed by atoms with van der Waals surface area (Å²) in [5.41, 5.74) is 10.3. The predicted octanol–water partition coefficient (Wildman–Crippen LogP) is 6.22. The molecule has 150 valence electrons. The van der Waals surface area contributed by atoms with Crippen LogP contribution >= 0.6 is 0 Å². The molecule has 0 aromatic heterocycles. The van der Waals surface area contributed by atoms with Crippen LogP contribution in [0.2, 0.25) is 0 Å². The lowest BCUT2D eigenvalue weighted by atomic mass is 9.71. The topological polar surface area (TPSA) is 37.3 Å². The molecule has 0 aliphatic heterocycles. The Morgan fingerprint density at radius 2 is 1.06 bits per heavy atom. The van der Waals surface area contributed by atoms with Gasteiger partial charge >= 0.3 is 5.97 Å². The highest BCUT2D eigenvalue weighted by Crippen LogP contribution is 2.47. The number of rotatable bonds is 3. The standard InChI is InChI=1S/C29H22O2/c1-29(28(30)31,26-14-6-12-22-20-10-4-2-8-18(20)16-24(22)26)27-15-7-13-23-21-11-5-3-9-19(21)17-25(23)27/h2-15H,16-17H2,1H3,(H,30,31). The van der Waals surface area contributed by atoms with Crippen LogP contribution in [-0.4, -0.2) is 11.1 Å². The van der Waals surface area contributed by atoms with Crippen molar-refractivity contribution < 1.29 is 9.90 Å². The molecule has 0 radical (unpaired) electrons. The maximum absolute atomic E-state index is 13.0. The molecule has 0 saturated heterocycles. The van der Waals surface area contributed by atoms with Gasteiger partial charge in [0.05, 0.1) is 0 Å². The molecule has 6 rings (SSSR count). The molecule has 1 N–H and O–H groups in total. The zero-order chi connectivity index (χ0) is 21.2. The Morgan fingerprint density at radius 3 is 1.52 bits per heavy atom. The van der Waals surface area contributed by atoms with Gasteiger partial charge in [0.25, 0.3) is 0 Å². The van der Waals surface area contributed by atoms with E-state index >= 15 is 0 Å². The SMILES string of the molecule is CC(C(=O)O)(c1cccc2c1Cc1ccccc1-2)c1cccc2c1Cc1ccccc1-2. The fourth-order valence-corrected chi connectivity index (χ4v) is 5.63. The maximum atomic E-state index is 13.0. The molecule has 0 saturated carbocycles. The highest BCUT2D eigenvalue weighted by atomic mass is 16.4. The second kappa shape index (κ2) is 6.42. The summed E-state index contributed by atoms with van der Waals surface area (Å²) < 4.78 is 0. The molecule has 0 heterocycles. The van der Waals surface area contributed by atoms with Gasteiger partial charge in [0.15, 0.2) is 0 Å². The van der Waals surface area contributed by atoms with Crippen molar-refractivity contribution in [1.29, 1.82) is 0 Å². The molecule has 0 fully saturated rings. The van der Waals surface area contributed by atoms with E-state index in [0.717, 1.165) is 46.2 Å². The van der Waals surface area contributed by atoms with Gasteiger partial charge in [-0.2, -0.15) is 0 Å². The Hall–Kier alpha value is -3.65. The quantitative estimate of drug-likeness (QED) is 0.382. The van der Waals surface area contributed by atoms with Crippen molar-refractivity contribution in [1.82, 2.24) is 0 Å². The van der Waals surface area contributed by atoms with Crippen LogP contribution in [-0.2, 0) is 23.1 Å². The fourth-order valence-electron chi connectivity index (χ4n) is 5.63. The number of hydrogen-bond acceptors (Lipinski definition) is 1. The van der Waals surface area contributed by atoms with Gasteiger partial charge in [-0.1, -0.05) is 84.9 Å². The molecule has 4 aromatic carbocycles. The van der Waals surface area contributed by atoms with Crippen LogP contribution in [0.3, 0.4) is 0 Å². The molecule has 31 heavy (non-hydrogen) atoms. The van der Waals surface area contributed by atoms with Crippen LogP contribution in [0.1, 0.15) is 40.3 Å². The minimum atomic E-state index is -1.12. The molecular weight excluding hydrogens is 380 g/mol. The lowest BCUT2D eigenvalue weighted by molar-refractivity contribution is -0.141. The first-order chi connectivity index (χ1) is 15.1.